The monoisotopic (exact) mass is 299 g/mol. The summed E-state index contributed by atoms with van der Waals surface area (Å²) in [5, 5.41) is 14.8. The van der Waals surface area contributed by atoms with E-state index < -0.39 is 0 Å². The van der Waals surface area contributed by atoms with Crippen LogP contribution in [0.2, 0.25) is 0 Å². The van der Waals surface area contributed by atoms with Crippen LogP contribution in [0.25, 0.3) is 10.9 Å². The summed E-state index contributed by atoms with van der Waals surface area (Å²) in [6, 6.07) is 8.90. The van der Waals surface area contributed by atoms with Gasteiger partial charge in [0.25, 0.3) is 5.91 Å². The van der Waals surface area contributed by atoms with Gasteiger partial charge in [-0.25, -0.2) is 0 Å². The van der Waals surface area contributed by atoms with E-state index in [4.69, 9.17) is 0 Å². The Kier molecular flexibility index (Phi) is 3.35. The lowest BCUT2D eigenvalue weighted by Gasteiger charge is -2.44. The number of nitrogens with one attached hydrogen (secondary N) is 3. The first-order valence-electron chi connectivity index (χ1n) is 7.87. The topological polar surface area (TPSA) is 73.0 Å². The number of nitrogens with zero attached hydrogens (tertiary/aromatic N) is 2. The van der Waals surface area contributed by atoms with Crippen LogP contribution in [0.4, 0.5) is 0 Å². The van der Waals surface area contributed by atoms with Gasteiger partial charge < -0.3 is 15.5 Å². The molecule has 6 nitrogen and oxygen atoms in total. The lowest BCUT2D eigenvalue weighted by atomic mass is 9.90. The molecule has 22 heavy (non-hydrogen) atoms. The van der Waals surface area contributed by atoms with E-state index in [0.29, 0.717) is 17.8 Å². The second kappa shape index (κ2) is 5.37. The molecular formula is C16H21N5O. The fourth-order valence-corrected chi connectivity index (χ4v) is 3.84. The van der Waals surface area contributed by atoms with Crippen molar-refractivity contribution in [3.05, 3.63) is 30.0 Å². The van der Waals surface area contributed by atoms with Crippen molar-refractivity contribution in [1.82, 2.24) is 25.7 Å². The van der Waals surface area contributed by atoms with Crippen LogP contribution in [0.3, 0.4) is 0 Å². The number of hydrogen-bond donors (Lipinski definition) is 3. The van der Waals surface area contributed by atoms with Crippen LogP contribution < -0.4 is 10.6 Å². The van der Waals surface area contributed by atoms with E-state index in [-0.39, 0.29) is 11.9 Å². The minimum absolute atomic E-state index is 0.0734. The molecule has 0 aliphatic carbocycles. The number of para-hydroxylation sites is 1. The molecule has 1 unspecified atom stereocenters. The van der Waals surface area contributed by atoms with E-state index in [1.54, 1.807) is 0 Å². The zero-order valence-electron chi connectivity index (χ0n) is 12.7. The van der Waals surface area contributed by atoms with Crippen molar-refractivity contribution in [3.63, 3.8) is 0 Å². The molecule has 1 aromatic carbocycles. The molecule has 1 amide bonds. The maximum Gasteiger partial charge on any atom is 0.272 e. The van der Waals surface area contributed by atoms with Crippen LogP contribution >= 0.6 is 0 Å². The smallest absolute Gasteiger partial charge is 0.272 e. The minimum Gasteiger partial charge on any atom is -0.348 e. The Hall–Kier alpha value is -1.92. The number of carbonyl (C=O) groups is 1. The van der Waals surface area contributed by atoms with E-state index in [0.717, 1.165) is 36.8 Å². The highest BCUT2D eigenvalue weighted by atomic mass is 16.2. The molecule has 0 radical (unpaired) electrons. The van der Waals surface area contributed by atoms with Crippen LogP contribution in [-0.4, -0.2) is 59.3 Å². The second-order valence-corrected chi connectivity index (χ2v) is 6.54. The quantitative estimate of drug-likeness (QED) is 0.764. The van der Waals surface area contributed by atoms with Gasteiger partial charge >= 0.3 is 0 Å². The molecule has 3 heterocycles. The summed E-state index contributed by atoms with van der Waals surface area (Å²) in [5.74, 6) is -0.0734. The maximum absolute atomic E-state index is 12.5. The van der Waals surface area contributed by atoms with Gasteiger partial charge in [-0.1, -0.05) is 18.2 Å². The van der Waals surface area contributed by atoms with E-state index in [9.17, 15) is 4.79 Å². The highest BCUT2D eigenvalue weighted by Crippen LogP contribution is 2.21. The Morgan fingerprint density at radius 2 is 2.00 bits per heavy atom. The third-order valence-corrected chi connectivity index (χ3v) is 4.69. The Balaban J connectivity index is 1.48. The Morgan fingerprint density at radius 3 is 2.77 bits per heavy atom. The van der Waals surface area contributed by atoms with Crippen LogP contribution in [0, 0.1) is 0 Å². The number of H-pyrrole nitrogens is 1. The van der Waals surface area contributed by atoms with Crippen molar-refractivity contribution < 1.29 is 4.79 Å². The molecule has 2 aromatic rings. The number of amides is 1. The van der Waals surface area contributed by atoms with Crippen LogP contribution in [0.15, 0.2) is 24.3 Å². The SMILES string of the molecule is CN1C[C@H]2CC(NC(=O)c3n[nH]c4ccccc34)C[C@@H](C1)N2. The summed E-state index contributed by atoms with van der Waals surface area (Å²) in [6.45, 7) is 2.10. The third kappa shape index (κ3) is 2.48. The van der Waals surface area contributed by atoms with Crippen molar-refractivity contribution in [2.24, 2.45) is 0 Å². The minimum atomic E-state index is -0.0734. The first kappa shape index (κ1) is 13.7. The lowest BCUT2D eigenvalue weighted by Crippen LogP contribution is -2.62. The van der Waals surface area contributed by atoms with Crippen molar-refractivity contribution in [3.8, 4) is 0 Å². The summed E-state index contributed by atoms with van der Waals surface area (Å²) in [4.78, 5) is 14.9. The normalized spacial score (nSPS) is 28.7. The van der Waals surface area contributed by atoms with E-state index >= 15 is 0 Å². The van der Waals surface area contributed by atoms with Gasteiger partial charge in [0.05, 0.1) is 5.52 Å². The molecule has 2 aliphatic rings. The summed E-state index contributed by atoms with van der Waals surface area (Å²) in [7, 11) is 2.16. The molecule has 6 heteroatoms. The Labute approximate surface area is 129 Å². The molecule has 0 spiro atoms. The maximum atomic E-state index is 12.5. The van der Waals surface area contributed by atoms with Crippen molar-refractivity contribution in [1.29, 1.82) is 0 Å². The zero-order valence-corrected chi connectivity index (χ0v) is 12.7. The largest absolute Gasteiger partial charge is 0.348 e. The number of hydrogen-bond acceptors (Lipinski definition) is 4. The molecule has 2 aliphatic heterocycles. The summed E-state index contributed by atoms with van der Waals surface area (Å²) in [5.41, 5.74) is 1.40. The van der Waals surface area contributed by atoms with E-state index in [1.165, 1.54) is 0 Å². The number of benzene rings is 1. The molecule has 116 valence electrons. The van der Waals surface area contributed by atoms with Gasteiger partial charge in [0.2, 0.25) is 0 Å². The van der Waals surface area contributed by atoms with Crippen molar-refractivity contribution in [2.75, 3.05) is 20.1 Å². The summed E-state index contributed by atoms with van der Waals surface area (Å²) < 4.78 is 0. The van der Waals surface area contributed by atoms with Gasteiger partial charge in [0.15, 0.2) is 5.69 Å². The molecule has 2 saturated heterocycles. The number of piperazine rings is 1. The van der Waals surface area contributed by atoms with Gasteiger partial charge in [0, 0.05) is 36.6 Å². The van der Waals surface area contributed by atoms with Crippen molar-refractivity contribution in [2.45, 2.75) is 31.0 Å². The molecular weight excluding hydrogens is 278 g/mol. The fraction of sp³-hybridized carbons (Fsp3) is 0.500. The fourth-order valence-electron chi connectivity index (χ4n) is 3.84. The highest BCUT2D eigenvalue weighted by Gasteiger charge is 2.34. The standard InChI is InChI=1S/C16H21N5O/c1-21-8-11-6-10(7-12(9-21)17-11)18-16(22)15-13-4-2-3-5-14(13)19-20-15/h2-5,10-12,17H,6-9H2,1H3,(H,18,22)(H,19,20)/t10?,11-,12+. The average Bonchev–Trinajstić information content (AvgIpc) is 2.89. The predicted molar refractivity (Wildman–Crippen MR) is 84.8 cm³/mol. The number of fused-ring (bicyclic) bond motifs is 3. The third-order valence-electron chi connectivity index (χ3n) is 4.69. The average molecular weight is 299 g/mol. The number of rotatable bonds is 2. The van der Waals surface area contributed by atoms with Crippen LogP contribution in [-0.2, 0) is 0 Å². The number of aromatic nitrogens is 2. The summed E-state index contributed by atoms with van der Waals surface area (Å²) >= 11 is 0. The van der Waals surface area contributed by atoms with Gasteiger partial charge in [-0.05, 0) is 26.0 Å². The van der Waals surface area contributed by atoms with Crippen LogP contribution in [0.5, 0.6) is 0 Å². The number of likely N-dealkylation sites (N-methyl/N-ethyl adjacent to an activating group) is 1. The molecule has 4 rings (SSSR count). The zero-order chi connectivity index (χ0) is 15.1. The Morgan fingerprint density at radius 1 is 1.27 bits per heavy atom. The number of likely N-dealkylation sites (tertiary alicyclic amines) is 1. The van der Waals surface area contributed by atoms with Crippen molar-refractivity contribution >= 4 is 16.8 Å². The van der Waals surface area contributed by atoms with Gasteiger partial charge in [-0.15, -0.1) is 0 Å². The molecule has 2 fully saturated rings. The Bertz CT molecular complexity index is 679. The molecule has 2 bridgehead atoms. The first-order chi connectivity index (χ1) is 10.7. The van der Waals surface area contributed by atoms with Gasteiger partial charge in [-0.3, -0.25) is 9.89 Å². The number of piperidine rings is 1. The number of aromatic amines is 1. The van der Waals surface area contributed by atoms with Gasteiger partial charge in [-0.2, -0.15) is 5.10 Å². The second-order valence-electron chi connectivity index (χ2n) is 6.54. The van der Waals surface area contributed by atoms with Crippen LogP contribution in [0.1, 0.15) is 23.3 Å². The molecule has 3 atom stereocenters. The van der Waals surface area contributed by atoms with Gasteiger partial charge in [0.1, 0.15) is 0 Å². The molecule has 3 N–H and O–H groups in total. The lowest BCUT2D eigenvalue weighted by molar-refractivity contribution is 0.0869. The molecule has 0 saturated carbocycles. The van der Waals surface area contributed by atoms with E-state index in [1.807, 2.05) is 24.3 Å². The summed E-state index contributed by atoms with van der Waals surface area (Å²) in [6.07, 6.45) is 1.96. The highest BCUT2D eigenvalue weighted by molar-refractivity contribution is 6.04. The number of carbonyl (C=O) groups excluding carboxylic acids is 1. The predicted octanol–water partition coefficient (Wildman–Crippen LogP) is 0.727. The first-order valence-corrected chi connectivity index (χ1v) is 7.87. The molecule has 1 aromatic heterocycles. The van der Waals surface area contributed by atoms with E-state index in [2.05, 4.69) is 32.8 Å².